The molecule has 0 aliphatic heterocycles. The quantitative estimate of drug-likeness (QED) is 0.615. The Bertz CT molecular complexity index is 445. The van der Waals surface area contributed by atoms with Crippen LogP contribution in [0.4, 0.5) is 4.79 Å². The van der Waals surface area contributed by atoms with E-state index in [1.807, 2.05) is 6.92 Å². The van der Waals surface area contributed by atoms with Gasteiger partial charge in [-0.25, -0.2) is 14.3 Å². The number of hydrogen-bond donors (Lipinski definition) is 3. The molecule has 1 amide bonds. The summed E-state index contributed by atoms with van der Waals surface area (Å²) in [7, 11) is 0. The number of carbonyl (C=O) groups excluding carboxylic acids is 1. The molecular weight excluding hydrogens is 260 g/mol. The molecule has 1 aromatic rings. The first kappa shape index (κ1) is 16.2. The van der Waals surface area contributed by atoms with Crippen molar-refractivity contribution in [1.82, 2.24) is 14.9 Å². The molecule has 4 N–H and O–H groups in total. The van der Waals surface area contributed by atoms with E-state index in [0.29, 0.717) is 25.1 Å². The summed E-state index contributed by atoms with van der Waals surface area (Å²) in [5.41, 5.74) is 6.03. The number of amides is 1. The zero-order chi connectivity index (χ0) is 15.0. The normalized spacial score (nSPS) is 12.1. The predicted molar refractivity (Wildman–Crippen MR) is 74.5 cm³/mol. The second-order valence-electron chi connectivity index (χ2n) is 4.83. The van der Waals surface area contributed by atoms with E-state index >= 15 is 0 Å². The molecule has 0 aliphatic rings. The van der Waals surface area contributed by atoms with Crippen molar-refractivity contribution in [1.29, 1.82) is 0 Å². The Labute approximate surface area is 118 Å². The molecule has 0 saturated carbocycles. The Balaban J connectivity index is 2.29. The van der Waals surface area contributed by atoms with E-state index in [-0.39, 0.29) is 11.9 Å². The fraction of sp³-hybridized carbons (Fsp3) is 0.615. The summed E-state index contributed by atoms with van der Waals surface area (Å²) >= 11 is 0. The third kappa shape index (κ3) is 5.83. The van der Waals surface area contributed by atoms with E-state index in [1.165, 1.54) is 12.5 Å². The first-order chi connectivity index (χ1) is 9.52. The van der Waals surface area contributed by atoms with Crippen LogP contribution in [0.15, 0.2) is 12.5 Å². The summed E-state index contributed by atoms with van der Waals surface area (Å²) in [5.74, 6) is 0.00666. The molecule has 0 aliphatic carbocycles. The fourth-order valence-corrected chi connectivity index (χ4v) is 1.89. The molecule has 7 nitrogen and oxygen atoms in total. The first-order valence-electron chi connectivity index (χ1n) is 6.78. The van der Waals surface area contributed by atoms with Crippen LogP contribution in [-0.4, -0.2) is 39.2 Å². The van der Waals surface area contributed by atoms with Gasteiger partial charge >= 0.3 is 6.09 Å². The third-order valence-electron chi connectivity index (χ3n) is 2.89. The van der Waals surface area contributed by atoms with Crippen LogP contribution < -0.4 is 11.1 Å². The summed E-state index contributed by atoms with van der Waals surface area (Å²) in [6, 6.07) is -0.0749. The van der Waals surface area contributed by atoms with Crippen molar-refractivity contribution >= 4 is 12.0 Å². The van der Waals surface area contributed by atoms with Gasteiger partial charge in [-0.2, -0.15) is 0 Å². The molecule has 20 heavy (non-hydrogen) atoms. The van der Waals surface area contributed by atoms with E-state index in [0.717, 1.165) is 23.8 Å². The lowest BCUT2D eigenvalue weighted by Crippen LogP contribution is -2.34. The van der Waals surface area contributed by atoms with Crippen LogP contribution in [0.2, 0.25) is 0 Å². The van der Waals surface area contributed by atoms with Crippen LogP contribution in [-0.2, 0) is 11.2 Å². The van der Waals surface area contributed by atoms with Crippen LogP contribution >= 0.6 is 0 Å². The van der Waals surface area contributed by atoms with Gasteiger partial charge in [0.05, 0.1) is 5.69 Å². The van der Waals surface area contributed by atoms with Crippen LogP contribution in [0, 0.1) is 0 Å². The molecule has 0 bridgehead atoms. The minimum absolute atomic E-state index is 0.00666. The van der Waals surface area contributed by atoms with Crippen LogP contribution in [0.25, 0.3) is 0 Å². The van der Waals surface area contributed by atoms with Gasteiger partial charge in [0, 0.05) is 25.1 Å². The Morgan fingerprint density at radius 1 is 1.45 bits per heavy atom. The standard InChI is InChI=1S/C13H22N4O3/c1-10(16-12(18)5-3-2-4-6-14)7-11-8-17(9-15-11)13(19)20/h8-10H,2-7,14H2,1H3,(H,16,18)(H,19,20)/t10-/m1/s1. The zero-order valence-electron chi connectivity index (χ0n) is 11.7. The topological polar surface area (TPSA) is 110 Å². The van der Waals surface area contributed by atoms with E-state index in [1.54, 1.807) is 0 Å². The van der Waals surface area contributed by atoms with E-state index in [4.69, 9.17) is 10.8 Å². The Morgan fingerprint density at radius 2 is 2.20 bits per heavy atom. The Morgan fingerprint density at radius 3 is 2.80 bits per heavy atom. The average Bonchev–Trinajstić information content (AvgIpc) is 2.83. The molecule has 0 unspecified atom stereocenters. The highest BCUT2D eigenvalue weighted by atomic mass is 16.4. The Hall–Kier alpha value is -1.89. The molecule has 0 saturated heterocycles. The van der Waals surface area contributed by atoms with Crippen molar-refractivity contribution in [2.75, 3.05) is 6.54 Å². The molecule has 0 radical (unpaired) electrons. The number of nitrogens with one attached hydrogen (secondary N) is 1. The molecule has 1 rings (SSSR count). The van der Waals surface area contributed by atoms with Gasteiger partial charge in [0.25, 0.3) is 0 Å². The molecular formula is C13H22N4O3. The number of imidazole rings is 1. The number of unbranched alkanes of at least 4 members (excludes halogenated alkanes) is 2. The minimum Gasteiger partial charge on any atom is -0.464 e. The van der Waals surface area contributed by atoms with E-state index in [2.05, 4.69) is 10.3 Å². The lowest BCUT2D eigenvalue weighted by molar-refractivity contribution is -0.121. The largest absolute Gasteiger partial charge is 0.464 e. The highest BCUT2D eigenvalue weighted by Gasteiger charge is 2.11. The van der Waals surface area contributed by atoms with Crippen LogP contribution in [0.1, 0.15) is 38.3 Å². The monoisotopic (exact) mass is 282 g/mol. The van der Waals surface area contributed by atoms with Crippen molar-refractivity contribution in [2.45, 2.75) is 45.1 Å². The van der Waals surface area contributed by atoms with Crippen molar-refractivity contribution in [3.05, 3.63) is 18.2 Å². The summed E-state index contributed by atoms with van der Waals surface area (Å²) in [6.07, 6.45) is 5.37. The maximum absolute atomic E-state index is 11.7. The van der Waals surface area contributed by atoms with Crippen LogP contribution in [0.3, 0.4) is 0 Å². The molecule has 1 aromatic heterocycles. The van der Waals surface area contributed by atoms with Gasteiger partial charge < -0.3 is 16.2 Å². The number of carbonyl (C=O) groups is 2. The molecule has 1 heterocycles. The molecule has 0 spiro atoms. The van der Waals surface area contributed by atoms with Gasteiger partial charge in [-0.1, -0.05) is 6.42 Å². The fourth-order valence-electron chi connectivity index (χ4n) is 1.89. The highest BCUT2D eigenvalue weighted by Crippen LogP contribution is 2.03. The number of aromatic nitrogens is 2. The smallest absolute Gasteiger partial charge is 0.416 e. The SMILES string of the molecule is C[C@H](Cc1cn(C(=O)O)cn1)NC(=O)CCCCCN. The lowest BCUT2D eigenvalue weighted by Gasteiger charge is -2.12. The number of nitrogens with two attached hydrogens (primary N) is 1. The van der Waals surface area contributed by atoms with Gasteiger partial charge in [-0.15, -0.1) is 0 Å². The van der Waals surface area contributed by atoms with Crippen LogP contribution in [0.5, 0.6) is 0 Å². The highest BCUT2D eigenvalue weighted by molar-refractivity contribution is 5.76. The summed E-state index contributed by atoms with van der Waals surface area (Å²) in [5, 5.41) is 11.6. The van der Waals surface area contributed by atoms with Crippen molar-refractivity contribution in [3.8, 4) is 0 Å². The summed E-state index contributed by atoms with van der Waals surface area (Å²) in [6.45, 7) is 2.53. The summed E-state index contributed by atoms with van der Waals surface area (Å²) in [4.78, 5) is 26.3. The maximum Gasteiger partial charge on any atom is 0.416 e. The maximum atomic E-state index is 11.7. The van der Waals surface area contributed by atoms with Gasteiger partial charge in [0.15, 0.2) is 0 Å². The molecule has 7 heteroatoms. The third-order valence-corrected chi connectivity index (χ3v) is 2.89. The minimum atomic E-state index is -1.07. The number of nitrogens with zero attached hydrogens (tertiary/aromatic N) is 2. The molecule has 0 aromatic carbocycles. The van der Waals surface area contributed by atoms with Crippen molar-refractivity contribution in [3.63, 3.8) is 0 Å². The van der Waals surface area contributed by atoms with E-state index in [9.17, 15) is 9.59 Å². The van der Waals surface area contributed by atoms with Gasteiger partial charge in [-0.05, 0) is 26.3 Å². The average molecular weight is 282 g/mol. The van der Waals surface area contributed by atoms with Gasteiger partial charge in [0.1, 0.15) is 6.33 Å². The Kier molecular flexibility index (Phi) is 6.72. The van der Waals surface area contributed by atoms with Crippen molar-refractivity contribution in [2.24, 2.45) is 5.73 Å². The number of hydrogen-bond acceptors (Lipinski definition) is 4. The first-order valence-corrected chi connectivity index (χ1v) is 6.78. The molecule has 0 fully saturated rings. The lowest BCUT2D eigenvalue weighted by atomic mass is 10.1. The van der Waals surface area contributed by atoms with Gasteiger partial charge in [0.2, 0.25) is 5.91 Å². The second kappa shape index (κ2) is 8.31. The second-order valence-corrected chi connectivity index (χ2v) is 4.83. The molecule has 1 atom stereocenters. The number of carboxylic acid groups (broad SMARTS) is 1. The summed E-state index contributed by atoms with van der Waals surface area (Å²) < 4.78 is 0.997. The predicted octanol–water partition coefficient (Wildman–Crippen LogP) is 0.976. The zero-order valence-corrected chi connectivity index (χ0v) is 11.7. The van der Waals surface area contributed by atoms with Crippen molar-refractivity contribution < 1.29 is 14.7 Å². The van der Waals surface area contributed by atoms with E-state index < -0.39 is 6.09 Å². The molecule has 112 valence electrons. The van der Waals surface area contributed by atoms with Gasteiger partial charge in [-0.3, -0.25) is 4.79 Å². The number of rotatable bonds is 8.